The van der Waals surface area contributed by atoms with Crippen LogP contribution < -0.4 is 0 Å². The SMILES string of the molecule is CCCCCCCCC=CCCCC(=O)CCCCN1CCCC1. The highest BCUT2D eigenvalue weighted by Gasteiger charge is 2.10. The van der Waals surface area contributed by atoms with Gasteiger partial charge in [-0.3, -0.25) is 4.79 Å². The Bertz CT molecular complexity index is 318. The van der Waals surface area contributed by atoms with Gasteiger partial charge in [0.2, 0.25) is 0 Å². The summed E-state index contributed by atoms with van der Waals surface area (Å²) in [6, 6.07) is 0. The van der Waals surface area contributed by atoms with E-state index in [0.29, 0.717) is 5.78 Å². The van der Waals surface area contributed by atoms with Gasteiger partial charge in [-0.1, -0.05) is 51.2 Å². The van der Waals surface area contributed by atoms with E-state index in [9.17, 15) is 4.79 Å². The molecule has 0 aliphatic carbocycles. The molecule has 0 unspecified atom stereocenters. The highest BCUT2D eigenvalue weighted by atomic mass is 16.1. The van der Waals surface area contributed by atoms with E-state index < -0.39 is 0 Å². The number of ketones is 1. The van der Waals surface area contributed by atoms with Crippen LogP contribution in [0.5, 0.6) is 0 Å². The molecule has 1 saturated heterocycles. The number of Topliss-reactive ketones (excluding diaryl/α,β-unsaturated/α-hetero) is 1. The summed E-state index contributed by atoms with van der Waals surface area (Å²) in [5, 5.41) is 0. The summed E-state index contributed by atoms with van der Waals surface area (Å²) in [5.41, 5.74) is 0. The van der Waals surface area contributed by atoms with Crippen molar-refractivity contribution >= 4 is 5.78 Å². The summed E-state index contributed by atoms with van der Waals surface area (Å²) in [7, 11) is 0. The van der Waals surface area contributed by atoms with Crippen LogP contribution in [0.4, 0.5) is 0 Å². The van der Waals surface area contributed by atoms with Crippen LogP contribution in [0.15, 0.2) is 12.2 Å². The molecule has 1 rings (SSSR count). The Kier molecular flexibility index (Phi) is 14.2. The molecule has 1 aliphatic rings. The van der Waals surface area contributed by atoms with Gasteiger partial charge in [0.25, 0.3) is 0 Å². The minimum atomic E-state index is 0.473. The first-order chi connectivity index (χ1) is 11.8. The Morgan fingerprint density at radius 1 is 0.792 bits per heavy atom. The molecule has 0 amide bonds. The second-order valence-corrected chi connectivity index (χ2v) is 7.46. The van der Waals surface area contributed by atoms with E-state index >= 15 is 0 Å². The lowest BCUT2D eigenvalue weighted by molar-refractivity contribution is -0.119. The Labute approximate surface area is 151 Å². The van der Waals surface area contributed by atoms with E-state index in [1.54, 1.807) is 0 Å². The predicted octanol–water partition coefficient (Wildman–Crippen LogP) is 6.30. The molecule has 0 spiro atoms. The van der Waals surface area contributed by atoms with Gasteiger partial charge in [0.1, 0.15) is 5.78 Å². The summed E-state index contributed by atoms with van der Waals surface area (Å²) in [4.78, 5) is 14.4. The first kappa shape index (κ1) is 21.4. The van der Waals surface area contributed by atoms with Crippen LogP contribution in [0, 0.1) is 0 Å². The van der Waals surface area contributed by atoms with Crippen LogP contribution in [0.2, 0.25) is 0 Å². The van der Waals surface area contributed by atoms with Crippen molar-refractivity contribution in [3.05, 3.63) is 12.2 Å². The van der Waals surface area contributed by atoms with Crippen LogP contribution in [-0.2, 0) is 4.79 Å². The van der Waals surface area contributed by atoms with Gasteiger partial charge in [-0.05, 0) is 71.0 Å². The number of rotatable bonds is 16. The van der Waals surface area contributed by atoms with E-state index in [1.807, 2.05) is 0 Å². The summed E-state index contributed by atoms with van der Waals surface area (Å²) < 4.78 is 0. The molecule has 0 saturated carbocycles. The van der Waals surface area contributed by atoms with Crippen molar-refractivity contribution in [3.8, 4) is 0 Å². The zero-order chi connectivity index (χ0) is 17.3. The number of nitrogens with zero attached hydrogens (tertiary/aromatic N) is 1. The van der Waals surface area contributed by atoms with Crippen molar-refractivity contribution in [2.75, 3.05) is 19.6 Å². The minimum Gasteiger partial charge on any atom is -0.303 e. The molecule has 0 radical (unpaired) electrons. The van der Waals surface area contributed by atoms with E-state index in [0.717, 1.165) is 32.1 Å². The van der Waals surface area contributed by atoms with Gasteiger partial charge < -0.3 is 4.90 Å². The first-order valence-corrected chi connectivity index (χ1v) is 10.7. The highest BCUT2D eigenvalue weighted by Crippen LogP contribution is 2.11. The van der Waals surface area contributed by atoms with E-state index in [2.05, 4.69) is 24.0 Å². The van der Waals surface area contributed by atoms with E-state index in [-0.39, 0.29) is 0 Å². The maximum atomic E-state index is 11.9. The van der Waals surface area contributed by atoms with Gasteiger partial charge in [-0.25, -0.2) is 0 Å². The van der Waals surface area contributed by atoms with Gasteiger partial charge >= 0.3 is 0 Å². The molecular weight excluding hydrogens is 294 g/mol. The highest BCUT2D eigenvalue weighted by molar-refractivity contribution is 5.78. The van der Waals surface area contributed by atoms with Crippen molar-refractivity contribution in [2.24, 2.45) is 0 Å². The van der Waals surface area contributed by atoms with Gasteiger partial charge in [0, 0.05) is 12.8 Å². The molecule has 0 aromatic rings. The summed E-state index contributed by atoms with van der Waals surface area (Å²) in [5.74, 6) is 0.473. The lowest BCUT2D eigenvalue weighted by Gasteiger charge is -2.13. The fourth-order valence-electron chi connectivity index (χ4n) is 3.48. The Morgan fingerprint density at radius 2 is 1.42 bits per heavy atom. The average molecular weight is 336 g/mol. The Hall–Kier alpha value is -0.630. The predicted molar refractivity (Wildman–Crippen MR) is 106 cm³/mol. The number of carbonyl (C=O) groups excluding carboxylic acids is 1. The fraction of sp³-hybridized carbons (Fsp3) is 0.864. The topological polar surface area (TPSA) is 20.3 Å². The zero-order valence-corrected chi connectivity index (χ0v) is 16.2. The molecule has 0 N–H and O–H groups in total. The summed E-state index contributed by atoms with van der Waals surface area (Å²) in [6.07, 6.45) is 22.8. The van der Waals surface area contributed by atoms with E-state index in [1.165, 1.54) is 83.8 Å². The average Bonchev–Trinajstić information content (AvgIpc) is 3.10. The Balaban J connectivity index is 1.80. The lowest BCUT2D eigenvalue weighted by Crippen LogP contribution is -2.20. The van der Waals surface area contributed by atoms with Gasteiger partial charge in [0.05, 0.1) is 0 Å². The quantitative estimate of drug-likeness (QED) is 0.244. The lowest BCUT2D eigenvalue weighted by atomic mass is 10.1. The maximum absolute atomic E-state index is 11.9. The third kappa shape index (κ3) is 12.8. The second kappa shape index (κ2) is 15.9. The molecule has 1 fully saturated rings. The molecule has 24 heavy (non-hydrogen) atoms. The molecule has 2 heteroatoms. The van der Waals surface area contributed by atoms with Crippen LogP contribution >= 0.6 is 0 Å². The normalized spacial score (nSPS) is 15.5. The smallest absolute Gasteiger partial charge is 0.132 e. The van der Waals surface area contributed by atoms with Gasteiger partial charge in [-0.15, -0.1) is 0 Å². The molecule has 140 valence electrons. The van der Waals surface area contributed by atoms with Crippen molar-refractivity contribution in [1.82, 2.24) is 4.90 Å². The van der Waals surface area contributed by atoms with Crippen LogP contribution in [-0.4, -0.2) is 30.3 Å². The number of carbonyl (C=O) groups is 1. The molecule has 1 heterocycles. The van der Waals surface area contributed by atoms with Crippen molar-refractivity contribution in [2.45, 2.75) is 103 Å². The van der Waals surface area contributed by atoms with Gasteiger partial charge in [-0.2, -0.15) is 0 Å². The zero-order valence-electron chi connectivity index (χ0n) is 16.2. The molecule has 0 atom stereocenters. The van der Waals surface area contributed by atoms with Crippen molar-refractivity contribution in [1.29, 1.82) is 0 Å². The van der Waals surface area contributed by atoms with Crippen LogP contribution in [0.3, 0.4) is 0 Å². The molecule has 0 aromatic heterocycles. The molecule has 0 aromatic carbocycles. The molecule has 0 bridgehead atoms. The fourth-order valence-corrected chi connectivity index (χ4v) is 3.48. The van der Waals surface area contributed by atoms with Crippen molar-refractivity contribution in [3.63, 3.8) is 0 Å². The second-order valence-electron chi connectivity index (χ2n) is 7.46. The monoisotopic (exact) mass is 335 g/mol. The van der Waals surface area contributed by atoms with Crippen molar-refractivity contribution < 1.29 is 4.79 Å². The summed E-state index contributed by atoms with van der Waals surface area (Å²) >= 11 is 0. The molecule has 2 nitrogen and oxygen atoms in total. The van der Waals surface area contributed by atoms with Crippen LogP contribution in [0.25, 0.3) is 0 Å². The number of hydrogen-bond acceptors (Lipinski definition) is 2. The number of likely N-dealkylation sites (tertiary alicyclic amines) is 1. The van der Waals surface area contributed by atoms with Crippen LogP contribution in [0.1, 0.15) is 103 Å². The van der Waals surface area contributed by atoms with Gasteiger partial charge in [0.15, 0.2) is 0 Å². The largest absolute Gasteiger partial charge is 0.303 e. The molecular formula is C22H41NO. The first-order valence-electron chi connectivity index (χ1n) is 10.7. The third-order valence-corrected chi connectivity index (χ3v) is 5.10. The number of allylic oxidation sites excluding steroid dienone is 2. The molecule has 1 aliphatic heterocycles. The summed E-state index contributed by atoms with van der Waals surface area (Å²) in [6.45, 7) is 6.02. The Morgan fingerprint density at radius 3 is 2.17 bits per heavy atom. The minimum absolute atomic E-state index is 0.473. The van der Waals surface area contributed by atoms with E-state index in [4.69, 9.17) is 0 Å². The maximum Gasteiger partial charge on any atom is 0.132 e. The number of hydrogen-bond donors (Lipinski definition) is 0. The standard InChI is InChI=1S/C22H41NO/c1-2-3-4-5-6-7-8-9-10-11-12-17-22(24)18-13-14-19-23-20-15-16-21-23/h9-10H,2-8,11-21H2,1H3. The third-order valence-electron chi connectivity index (χ3n) is 5.10. The number of unbranched alkanes of at least 4 members (excludes halogenated alkanes) is 8.